The number of aryl methyl sites for hydroxylation is 1. The topological polar surface area (TPSA) is 47.0 Å². The minimum absolute atomic E-state index is 0.498. The van der Waals surface area contributed by atoms with E-state index in [0.717, 1.165) is 50.4 Å². The van der Waals surface area contributed by atoms with E-state index in [9.17, 15) is 0 Å². The van der Waals surface area contributed by atoms with E-state index in [0.29, 0.717) is 6.04 Å². The van der Waals surface area contributed by atoms with Crippen molar-refractivity contribution in [2.24, 2.45) is 0 Å². The van der Waals surface area contributed by atoms with Gasteiger partial charge in [-0.25, -0.2) is 9.97 Å². The van der Waals surface area contributed by atoms with Crippen LogP contribution in [0.25, 0.3) is 0 Å². The fourth-order valence-corrected chi connectivity index (χ4v) is 1.92. The summed E-state index contributed by atoms with van der Waals surface area (Å²) in [6, 6.07) is 2.55. The lowest BCUT2D eigenvalue weighted by Crippen LogP contribution is -2.28. The third kappa shape index (κ3) is 3.17. The molecule has 0 radical (unpaired) electrons. The highest BCUT2D eigenvalue weighted by molar-refractivity contribution is 5.36. The van der Waals surface area contributed by atoms with Gasteiger partial charge in [-0.2, -0.15) is 0 Å². The number of hydrogen-bond donors (Lipinski definition) is 1. The van der Waals surface area contributed by atoms with Crippen LogP contribution in [0.5, 0.6) is 0 Å². The normalized spacial score (nSPS) is 17.3. The van der Waals surface area contributed by atoms with Gasteiger partial charge in [-0.1, -0.05) is 13.3 Å². The second-order valence-electron chi connectivity index (χ2n) is 4.18. The molecule has 1 aromatic rings. The Balaban J connectivity index is 1.94. The van der Waals surface area contributed by atoms with Crippen LogP contribution in [-0.2, 0) is 11.2 Å². The standard InChI is InChI=1S/C12H19N3O/c1-2-3-11-8-12(14-9-13-11)15-10-4-6-16-7-5-10/h8-10H,2-7H2,1H3,(H,13,14,15). The highest BCUT2D eigenvalue weighted by Crippen LogP contribution is 2.13. The lowest BCUT2D eigenvalue weighted by atomic mass is 10.1. The molecule has 0 atom stereocenters. The number of anilines is 1. The highest BCUT2D eigenvalue weighted by atomic mass is 16.5. The fourth-order valence-electron chi connectivity index (χ4n) is 1.92. The molecular formula is C12H19N3O. The molecule has 0 bridgehead atoms. The number of hydrogen-bond acceptors (Lipinski definition) is 4. The van der Waals surface area contributed by atoms with Crippen molar-refractivity contribution >= 4 is 5.82 Å². The van der Waals surface area contributed by atoms with Gasteiger partial charge in [0.05, 0.1) is 0 Å². The molecule has 1 fully saturated rings. The van der Waals surface area contributed by atoms with Gasteiger partial charge in [0.2, 0.25) is 0 Å². The average molecular weight is 221 g/mol. The Morgan fingerprint density at radius 1 is 1.38 bits per heavy atom. The van der Waals surface area contributed by atoms with Gasteiger partial charge in [-0.15, -0.1) is 0 Å². The Morgan fingerprint density at radius 2 is 2.19 bits per heavy atom. The van der Waals surface area contributed by atoms with Crippen LogP contribution in [0, 0.1) is 0 Å². The van der Waals surface area contributed by atoms with Crippen LogP contribution in [0.4, 0.5) is 5.82 Å². The SMILES string of the molecule is CCCc1cc(NC2CCOCC2)ncn1. The van der Waals surface area contributed by atoms with Crippen molar-refractivity contribution in [1.29, 1.82) is 0 Å². The summed E-state index contributed by atoms with van der Waals surface area (Å²) in [5.74, 6) is 0.949. The Morgan fingerprint density at radius 3 is 2.94 bits per heavy atom. The third-order valence-corrected chi connectivity index (χ3v) is 2.80. The molecule has 1 saturated heterocycles. The first kappa shape index (κ1) is 11.3. The molecule has 0 amide bonds. The molecule has 0 aliphatic carbocycles. The van der Waals surface area contributed by atoms with E-state index in [1.807, 2.05) is 0 Å². The molecule has 1 aliphatic rings. The molecule has 2 rings (SSSR count). The van der Waals surface area contributed by atoms with Crippen LogP contribution in [0.2, 0.25) is 0 Å². The first-order valence-electron chi connectivity index (χ1n) is 6.03. The quantitative estimate of drug-likeness (QED) is 0.845. The Bertz CT molecular complexity index is 324. The number of aromatic nitrogens is 2. The van der Waals surface area contributed by atoms with Gasteiger partial charge in [-0.3, -0.25) is 0 Å². The first-order chi connectivity index (χ1) is 7.88. The molecule has 88 valence electrons. The summed E-state index contributed by atoms with van der Waals surface area (Å²) < 4.78 is 5.33. The van der Waals surface area contributed by atoms with Gasteiger partial charge in [0.15, 0.2) is 0 Å². The monoisotopic (exact) mass is 221 g/mol. The first-order valence-corrected chi connectivity index (χ1v) is 6.03. The summed E-state index contributed by atoms with van der Waals surface area (Å²) in [4.78, 5) is 8.50. The molecule has 1 aromatic heterocycles. The summed E-state index contributed by atoms with van der Waals surface area (Å²) in [7, 11) is 0. The number of ether oxygens (including phenoxy) is 1. The van der Waals surface area contributed by atoms with Crippen LogP contribution in [0.15, 0.2) is 12.4 Å². The van der Waals surface area contributed by atoms with Crippen LogP contribution in [-0.4, -0.2) is 29.2 Å². The van der Waals surface area contributed by atoms with E-state index in [1.54, 1.807) is 6.33 Å². The van der Waals surface area contributed by atoms with Crippen molar-refractivity contribution in [2.75, 3.05) is 18.5 Å². The Hall–Kier alpha value is -1.16. The molecule has 0 saturated carbocycles. The van der Waals surface area contributed by atoms with E-state index >= 15 is 0 Å². The van der Waals surface area contributed by atoms with E-state index < -0.39 is 0 Å². The van der Waals surface area contributed by atoms with Gasteiger partial charge in [0, 0.05) is 31.0 Å². The fraction of sp³-hybridized carbons (Fsp3) is 0.667. The average Bonchev–Trinajstić information content (AvgIpc) is 2.31. The molecular weight excluding hydrogens is 202 g/mol. The predicted octanol–water partition coefficient (Wildman–Crippen LogP) is 2.02. The summed E-state index contributed by atoms with van der Waals surface area (Å²) in [6.45, 7) is 3.86. The zero-order valence-electron chi connectivity index (χ0n) is 9.78. The van der Waals surface area contributed by atoms with Crippen molar-refractivity contribution < 1.29 is 4.74 Å². The second kappa shape index (κ2) is 5.80. The molecule has 4 nitrogen and oxygen atoms in total. The van der Waals surface area contributed by atoms with E-state index in [4.69, 9.17) is 4.74 Å². The van der Waals surface area contributed by atoms with Crippen molar-refractivity contribution in [3.63, 3.8) is 0 Å². The smallest absolute Gasteiger partial charge is 0.129 e. The maximum Gasteiger partial charge on any atom is 0.129 e. The molecule has 1 aliphatic heterocycles. The van der Waals surface area contributed by atoms with Crippen molar-refractivity contribution in [3.8, 4) is 0 Å². The molecule has 2 heterocycles. The van der Waals surface area contributed by atoms with E-state index in [1.165, 1.54) is 0 Å². The highest BCUT2D eigenvalue weighted by Gasteiger charge is 2.13. The largest absolute Gasteiger partial charge is 0.381 e. The number of nitrogens with zero attached hydrogens (tertiary/aromatic N) is 2. The molecule has 0 unspecified atom stereocenters. The van der Waals surface area contributed by atoms with Crippen LogP contribution in [0.3, 0.4) is 0 Å². The Kier molecular flexibility index (Phi) is 4.10. The van der Waals surface area contributed by atoms with Crippen molar-refractivity contribution in [3.05, 3.63) is 18.1 Å². The van der Waals surface area contributed by atoms with Crippen LogP contribution in [0.1, 0.15) is 31.9 Å². The maximum absolute atomic E-state index is 5.33. The number of rotatable bonds is 4. The second-order valence-corrected chi connectivity index (χ2v) is 4.18. The van der Waals surface area contributed by atoms with Gasteiger partial charge in [0.1, 0.15) is 12.1 Å². The number of nitrogens with one attached hydrogen (secondary N) is 1. The van der Waals surface area contributed by atoms with Gasteiger partial charge < -0.3 is 10.1 Å². The van der Waals surface area contributed by atoms with Gasteiger partial charge in [0.25, 0.3) is 0 Å². The molecule has 0 aromatic carbocycles. The molecule has 1 N–H and O–H groups in total. The molecule has 4 heteroatoms. The van der Waals surface area contributed by atoms with Crippen molar-refractivity contribution in [1.82, 2.24) is 9.97 Å². The lowest BCUT2D eigenvalue weighted by Gasteiger charge is -2.23. The van der Waals surface area contributed by atoms with E-state index in [2.05, 4.69) is 28.3 Å². The third-order valence-electron chi connectivity index (χ3n) is 2.80. The van der Waals surface area contributed by atoms with Crippen LogP contribution >= 0.6 is 0 Å². The minimum atomic E-state index is 0.498. The van der Waals surface area contributed by atoms with Gasteiger partial charge in [-0.05, 0) is 19.3 Å². The maximum atomic E-state index is 5.33. The zero-order chi connectivity index (χ0) is 11.2. The van der Waals surface area contributed by atoms with Crippen molar-refractivity contribution in [2.45, 2.75) is 38.6 Å². The van der Waals surface area contributed by atoms with Crippen LogP contribution < -0.4 is 5.32 Å². The van der Waals surface area contributed by atoms with Gasteiger partial charge >= 0.3 is 0 Å². The minimum Gasteiger partial charge on any atom is -0.381 e. The summed E-state index contributed by atoms with van der Waals surface area (Å²) in [5, 5.41) is 3.45. The summed E-state index contributed by atoms with van der Waals surface area (Å²) >= 11 is 0. The molecule has 16 heavy (non-hydrogen) atoms. The predicted molar refractivity (Wildman–Crippen MR) is 63.5 cm³/mol. The van der Waals surface area contributed by atoms with E-state index in [-0.39, 0.29) is 0 Å². The summed E-state index contributed by atoms with van der Waals surface area (Å²) in [6.07, 6.45) is 5.91. The summed E-state index contributed by atoms with van der Waals surface area (Å²) in [5.41, 5.74) is 1.12. The lowest BCUT2D eigenvalue weighted by molar-refractivity contribution is 0.0904. The Labute approximate surface area is 96.4 Å². The molecule has 0 spiro atoms. The zero-order valence-corrected chi connectivity index (χ0v) is 9.78.